The number of ether oxygens (including phenoxy) is 4. The van der Waals surface area contributed by atoms with Gasteiger partial charge < -0.3 is 39.4 Å². The van der Waals surface area contributed by atoms with Gasteiger partial charge in [-0.15, -0.1) is 0 Å². The maximum absolute atomic E-state index is 13.9. The summed E-state index contributed by atoms with van der Waals surface area (Å²) in [7, 11) is 4.27. The number of carbonyl (C=O) groups is 3. The Balaban J connectivity index is 1.93. The molecule has 4 aromatic rings. The molecule has 11 nitrogen and oxygen atoms in total. The number of rotatable bonds is 5. The summed E-state index contributed by atoms with van der Waals surface area (Å²) in [6, 6.07) is 6.08. The molecule has 4 aromatic carbocycles. The summed E-state index contributed by atoms with van der Waals surface area (Å²) in [6.45, 7) is 4.38. The average molecular weight is 631 g/mol. The predicted octanol–water partition coefficient (Wildman–Crippen LogP) is 5.13. The van der Waals surface area contributed by atoms with Gasteiger partial charge in [0.05, 0.1) is 55.3 Å². The molecule has 0 spiro atoms. The number of Topliss-reactive ketones (excluding diaryl/α,β-unsaturated/α-hetero) is 2. The zero-order valence-electron chi connectivity index (χ0n) is 26.3. The molecule has 4 N–H and O–H groups in total. The third-order valence-electron chi connectivity index (χ3n) is 8.93. The minimum absolute atomic E-state index is 0.0236. The average Bonchev–Trinajstić information content (AvgIpc) is 2.95. The number of hydrogen-bond acceptors (Lipinski definition) is 11. The maximum atomic E-state index is 13.9. The molecule has 2 unspecified atom stereocenters. The van der Waals surface area contributed by atoms with Crippen LogP contribution < -0.4 is 14.2 Å². The summed E-state index contributed by atoms with van der Waals surface area (Å²) in [5.74, 6) is -2.05. The highest BCUT2D eigenvalue weighted by atomic mass is 16.6. The van der Waals surface area contributed by atoms with Gasteiger partial charge in [-0.05, 0) is 48.2 Å². The Morgan fingerprint density at radius 2 is 1.22 bits per heavy atom. The van der Waals surface area contributed by atoms with Crippen LogP contribution in [0.5, 0.6) is 34.5 Å². The molecule has 2 aliphatic rings. The van der Waals surface area contributed by atoms with Crippen molar-refractivity contribution in [2.45, 2.75) is 57.7 Å². The number of phenolic OH excluding ortho intramolecular Hbond substituents is 3. The van der Waals surface area contributed by atoms with Gasteiger partial charge in [-0.1, -0.05) is 0 Å². The minimum Gasteiger partial charge on any atom is -0.507 e. The number of carbonyl (C=O) groups excluding carboxylic acids is 3. The molecule has 0 fully saturated rings. The zero-order valence-corrected chi connectivity index (χ0v) is 26.3. The second-order valence-electron chi connectivity index (χ2n) is 12.6. The molecule has 11 heteroatoms. The Morgan fingerprint density at radius 3 is 1.78 bits per heavy atom. The lowest BCUT2D eigenvalue weighted by Crippen LogP contribution is -2.40. The molecule has 0 saturated carbocycles. The summed E-state index contributed by atoms with van der Waals surface area (Å²) in [6.07, 6.45) is -0.608. The smallest absolute Gasteiger partial charge is 0.303 e. The van der Waals surface area contributed by atoms with Crippen LogP contribution in [0.15, 0.2) is 24.3 Å². The van der Waals surface area contributed by atoms with Crippen LogP contribution in [0.25, 0.3) is 32.7 Å². The van der Waals surface area contributed by atoms with E-state index in [1.807, 2.05) is 0 Å². The van der Waals surface area contributed by atoms with Crippen molar-refractivity contribution in [2.75, 3.05) is 21.3 Å². The predicted molar refractivity (Wildman–Crippen MR) is 168 cm³/mol. The molecule has 6 rings (SSSR count). The topological polar surface area (TPSA) is 169 Å². The van der Waals surface area contributed by atoms with Gasteiger partial charge in [-0.3, -0.25) is 14.4 Å². The van der Waals surface area contributed by atoms with Gasteiger partial charge in [-0.2, -0.15) is 0 Å². The quantitative estimate of drug-likeness (QED) is 0.216. The number of esters is 1. The van der Waals surface area contributed by atoms with Crippen molar-refractivity contribution in [1.29, 1.82) is 0 Å². The van der Waals surface area contributed by atoms with Crippen LogP contribution in [0.1, 0.15) is 65.5 Å². The first-order valence-electron chi connectivity index (χ1n) is 14.6. The maximum Gasteiger partial charge on any atom is 0.303 e. The molecule has 0 aromatic heterocycles. The molecular weight excluding hydrogens is 596 g/mol. The lowest BCUT2D eigenvalue weighted by Gasteiger charge is -2.37. The van der Waals surface area contributed by atoms with Crippen LogP contribution in [0, 0.1) is 0 Å². The number of hydrogen-bond donors (Lipinski definition) is 4. The lowest BCUT2D eigenvalue weighted by molar-refractivity contribution is -0.155. The number of aliphatic hydroxyl groups is 1. The van der Waals surface area contributed by atoms with Crippen molar-refractivity contribution < 1.29 is 53.8 Å². The fraction of sp³-hybridized carbons (Fsp3) is 0.343. The van der Waals surface area contributed by atoms with E-state index in [0.717, 1.165) is 0 Å². The molecule has 0 aliphatic heterocycles. The van der Waals surface area contributed by atoms with Crippen molar-refractivity contribution >= 4 is 39.1 Å². The molecule has 0 heterocycles. The number of ketones is 2. The van der Waals surface area contributed by atoms with Gasteiger partial charge in [0.1, 0.15) is 40.1 Å². The summed E-state index contributed by atoms with van der Waals surface area (Å²) in [5.41, 5.74) is -1.70. The molecule has 240 valence electrons. The van der Waals surface area contributed by atoms with Gasteiger partial charge >= 0.3 is 5.97 Å². The number of phenols is 3. The second-order valence-corrected chi connectivity index (χ2v) is 12.6. The van der Waals surface area contributed by atoms with E-state index >= 15 is 0 Å². The Hall–Kier alpha value is -5.03. The van der Waals surface area contributed by atoms with Crippen molar-refractivity contribution in [1.82, 2.24) is 0 Å². The van der Waals surface area contributed by atoms with Gasteiger partial charge in [0.2, 0.25) is 0 Å². The Morgan fingerprint density at radius 1 is 0.696 bits per heavy atom. The van der Waals surface area contributed by atoms with E-state index in [1.165, 1.54) is 41.2 Å². The Kier molecular flexibility index (Phi) is 7.08. The molecule has 2 aliphatic carbocycles. The first-order valence-corrected chi connectivity index (χ1v) is 14.6. The van der Waals surface area contributed by atoms with E-state index < -0.39 is 34.5 Å². The lowest BCUT2D eigenvalue weighted by atomic mass is 9.71. The first kappa shape index (κ1) is 31.0. The van der Waals surface area contributed by atoms with E-state index in [4.69, 9.17) is 18.9 Å². The van der Waals surface area contributed by atoms with Gasteiger partial charge in [0, 0.05) is 49.1 Å². The van der Waals surface area contributed by atoms with Crippen LogP contribution in [-0.2, 0) is 22.4 Å². The van der Waals surface area contributed by atoms with Crippen LogP contribution in [0.3, 0.4) is 0 Å². The summed E-state index contributed by atoms with van der Waals surface area (Å²) < 4.78 is 22.4. The van der Waals surface area contributed by atoms with Crippen LogP contribution in [0.4, 0.5) is 0 Å². The second kappa shape index (κ2) is 10.5. The van der Waals surface area contributed by atoms with Crippen molar-refractivity contribution in [3.63, 3.8) is 0 Å². The van der Waals surface area contributed by atoms with Crippen LogP contribution >= 0.6 is 0 Å². The zero-order chi connectivity index (χ0) is 33.5. The fourth-order valence-corrected chi connectivity index (χ4v) is 7.27. The normalized spacial score (nSPS) is 20.8. The molecule has 0 saturated heterocycles. The molecule has 0 bridgehead atoms. The molecule has 0 radical (unpaired) electrons. The number of fused-ring (bicyclic) bond motifs is 4. The van der Waals surface area contributed by atoms with Crippen molar-refractivity contribution in [2.24, 2.45) is 0 Å². The van der Waals surface area contributed by atoms with Gasteiger partial charge in [0.15, 0.2) is 11.6 Å². The third-order valence-corrected chi connectivity index (χ3v) is 8.93. The number of aromatic hydroxyl groups is 3. The van der Waals surface area contributed by atoms with Crippen molar-refractivity contribution in [3.05, 3.63) is 46.5 Å². The molecule has 0 amide bonds. The number of methoxy groups -OCH3 is 3. The summed E-state index contributed by atoms with van der Waals surface area (Å²) in [5, 5.41) is 46.6. The largest absolute Gasteiger partial charge is 0.507 e. The van der Waals surface area contributed by atoms with Gasteiger partial charge in [-0.25, -0.2) is 0 Å². The van der Waals surface area contributed by atoms with Crippen molar-refractivity contribution in [3.8, 4) is 45.6 Å². The van der Waals surface area contributed by atoms with E-state index in [-0.39, 0.29) is 87.1 Å². The van der Waals surface area contributed by atoms with E-state index in [9.17, 15) is 34.8 Å². The van der Waals surface area contributed by atoms with E-state index in [1.54, 1.807) is 25.1 Å². The van der Waals surface area contributed by atoms with Crippen LogP contribution in [-0.4, -0.2) is 70.5 Å². The SMILES string of the molecule is COc1cc(O)c2c(O)c3c(c(-c4c5c(c(O)c6c(OC)cc(OC)cc46)C(=O)CC(C)(O)C5)c2c1)CC(C)(OC(C)=O)CC3=O. The molecule has 2 atom stereocenters. The number of benzene rings is 4. The monoisotopic (exact) mass is 630 g/mol. The molecule has 46 heavy (non-hydrogen) atoms. The summed E-state index contributed by atoms with van der Waals surface area (Å²) >= 11 is 0. The fourth-order valence-electron chi connectivity index (χ4n) is 7.27. The van der Waals surface area contributed by atoms with Crippen LogP contribution in [0.2, 0.25) is 0 Å². The Labute approximate surface area is 263 Å². The van der Waals surface area contributed by atoms with E-state index in [0.29, 0.717) is 22.3 Å². The highest BCUT2D eigenvalue weighted by molar-refractivity contribution is 6.21. The highest BCUT2D eigenvalue weighted by Crippen LogP contribution is 2.55. The third kappa shape index (κ3) is 4.65. The highest BCUT2D eigenvalue weighted by Gasteiger charge is 2.44. The Bertz CT molecular complexity index is 2020. The molecular formula is C35H34O11. The first-order chi connectivity index (χ1) is 21.6. The van der Waals surface area contributed by atoms with E-state index in [2.05, 4.69) is 0 Å². The van der Waals surface area contributed by atoms with Gasteiger partial charge in [0.25, 0.3) is 0 Å². The summed E-state index contributed by atoms with van der Waals surface area (Å²) in [4.78, 5) is 39.8. The minimum atomic E-state index is -1.50. The standard InChI is InChI=1S/C35H34O11/c1-15(36)46-35(3)12-21-26(18-7-16(43-4)9-22(37)28(18)32(40)30(21)24(39)14-35)27-19-8-17(44-5)10-25(45-6)31(19)33(41)29-20(27)11-34(2,42)13-23(29)38/h7-10,37,40-42H,11-14H2,1-6H3.